The lowest BCUT2D eigenvalue weighted by molar-refractivity contribution is -0.151. The summed E-state index contributed by atoms with van der Waals surface area (Å²) in [4.78, 5) is 113. The number of aliphatic hydroxyl groups is 1. The Kier molecular flexibility index (Phi) is 19.8. The van der Waals surface area contributed by atoms with Crippen molar-refractivity contribution in [2.45, 2.75) is 118 Å². The Bertz CT molecular complexity index is 2980. The lowest BCUT2D eigenvalue weighted by atomic mass is 9.84. The van der Waals surface area contributed by atoms with E-state index >= 15 is 8.78 Å². The lowest BCUT2D eigenvalue weighted by Gasteiger charge is -2.41. The number of hydrogen-bond acceptors (Lipinski definition) is 11. The van der Waals surface area contributed by atoms with Crippen LogP contribution in [0.25, 0.3) is 11.3 Å². The molecule has 23 heteroatoms. The molecule has 0 radical (unpaired) electrons. The van der Waals surface area contributed by atoms with E-state index < -0.39 is 125 Å². The number of ether oxygens (including phenoxy) is 1. The minimum absolute atomic E-state index is 0.00426. The number of hydrogen-bond donors (Lipinski definition) is 5. The number of halogens is 4. The zero-order valence-electron chi connectivity index (χ0n) is 45.9. The van der Waals surface area contributed by atoms with Gasteiger partial charge in [-0.05, 0) is 98.5 Å². The van der Waals surface area contributed by atoms with Crippen LogP contribution in [0.5, 0.6) is 0 Å². The monoisotopic (exact) mass is 1120 g/mol. The zero-order valence-corrected chi connectivity index (χ0v) is 45.9. The van der Waals surface area contributed by atoms with E-state index in [2.05, 4.69) is 16.0 Å². The predicted octanol–water partition coefficient (Wildman–Crippen LogP) is 6.73. The smallest absolute Gasteiger partial charge is 0.410 e. The van der Waals surface area contributed by atoms with Crippen molar-refractivity contribution in [2.75, 3.05) is 31.5 Å². The average Bonchev–Trinajstić information content (AvgIpc) is 4.10. The molecule has 2 aliphatic heterocycles. The van der Waals surface area contributed by atoms with E-state index in [-0.39, 0.29) is 69.1 Å². The van der Waals surface area contributed by atoms with Crippen molar-refractivity contribution in [2.24, 2.45) is 28.9 Å². The summed E-state index contributed by atoms with van der Waals surface area (Å²) >= 11 is 0. The number of benzene rings is 3. The minimum atomic E-state index is -1.67. The quantitative estimate of drug-likeness (QED) is 0.0296. The second-order valence-electron chi connectivity index (χ2n) is 22.1. The summed E-state index contributed by atoms with van der Waals surface area (Å²) in [6, 6.07) is 11.9. The molecule has 1 saturated heterocycles. The summed E-state index contributed by atoms with van der Waals surface area (Å²) in [7, 11) is 0. The first-order valence-electron chi connectivity index (χ1n) is 26.2. The van der Waals surface area contributed by atoms with Gasteiger partial charge in [0.1, 0.15) is 47.7 Å². The minimum Gasteiger partial charge on any atom is -0.445 e. The van der Waals surface area contributed by atoms with Gasteiger partial charge < -0.3 is 45.9 Å². The molecule has 2 aliphatic rings. The zero-order chi connectivity index (χ0) is 59.0. The number of carbonyl (C=O) groups excluding carboxylic acids is 8. The van der Waals surface area contributed by atoms with Gasteiger partial charge in [-0.25, -0.2) is 32.1 Å². The number of aliphatic hydroxyl groups excluding tert-OH is 1. The van der Waals surface area contributed by atoms with Crippen LogP contribution in [0.3, 0.4) is 0 Å². The molecule has 6 rings (SSSR count). The van der Waals surface area contributed by atoms with E-state index in [0.29, 0.717) is 16.8 Å². The topological polar surface area (TPSA) is 256 Å². The number of Topliss-reactive ketones (excluding diaryl/α,β-unsaturated/α-hetero) is 1. The highest BCUT2D eigenvalue weighted by Crippen LogP contribution is 2.41. The standard InChI is InChI=1S/C57H69F4N9O10/c1-32(2)48(66-53(77)57(7,8)70-46(73)20-21-47(70)74)45(72)24-36(12-10-22-63-54(62)78)51(75)64-40-17-14-34(15-18-40)31-80-55(79)68-27-37(43(61)29-68)28-69(52(76)33(3)71)49(56(4,5)6)50-65-44(41-25-39(59)16-19-42(41)60)30-67(50)26-35-11-9-13-38(58)23-35/h9,11,13-21,23,25,30,32-33,36-37,43,48-49,71H,10,12,22,24,26-29,31H2,1-8H3,(H,64,75)(H,66,77)(H3,62,63,78)/t33-,36+,37-,43-,48-,49-/m0/s1. The molecule has 4 aromatic rings. The molecule has 3 aromatic carbocycles. The number of nitrogens with two attached hydrogens (primary N) is 1. The summed E-state index contributed by atoms with van der Waals surface area (Å²) < 4.78 is 67.6. The number of primary amides is 1. The van der Waals surface area contributed by atoms with Crippen molar-refractivity contribution in [1.82, 2.24) is 34.9 Å². The largest absolute Gasteiger partial charge is 0.445 e. The van der Waals surface area contributed by atoms with Gasteiger partial charge in [-0.1, -0.05) is 58.9 Å². The van der Waals surface area contributed by atoms with Crippen molar-refractivity contribution in [3.8, 4) is 11.3 Å². The molecule has 0 bridgehead atoms. The van der Waals surface area contributed by atoms with Crippen molar-refractivity contribution < 1.29 is 65.8 Å². The van der Waals surface area contributed by atoms with Crippen molar-refractivity contribution in [3.05, 3.63) is 119 Å². The molecule has 0 spiro atoms. The summed E-state index contributed by atoms with van der Waals surface area (Å²) in [6.45, 7) is 11.6. The normalized spacial score (nSPS) is 17.0. The van der Waals surface area contributed by atoms with Gasteiger partial charge in [0.05, 0.1) is 24.3 Å². The van der Waals surface area contributed by atoms with E-state index in [4.69, 9.17) is 15.5 Å². The molecular formula is C57H69F4N9O10. The number of imidazole rings is 1. The van der Waals surface area contributed by atoms with E-state index in [9.17, 15) is 52.2 Å². The molecule has 1 aromatic heterocycles. The van der Waals surface area contributed by atoms with Crippen molar-refractivity contribution in [3.63, 3.8) is 0 Å². The van der Waals surface area contributed by atoms with Crippen LogP contribution in [0.2, 0.25) is 0 Å². The first-order valence-corrected chi connectivity index (χ1v) is 26.2. The van der Waals surface area contributed by atoms with E-state index in [1.54, 1.807) is 57.4 Å². The van der Waals surface area contributed by atoms with Gasteiger partial charge in [0, 0.05) is 74.0 Å². The number of rotatable bonds is 23. The fourth-order valence-electron chi connectivity index (χ4n) is 9.80. The van der Waals surface area contributed by atoms with E-state index in [1.165, 1.54) is 62.2 Å². The predicted molar refractivity (Wildman–Crippen MR) is 286 cm³/mol. The van der Waals surface area contributed by atoms with Gasteiger partial charge in [0.15, 0.2) is 5.78 Å². The average molecular weight is 1120 g/mol. The van der Waals surface area contributed by atoms with Gasteiger partial charge >= 0.3 is 12.1 Å². The van der Waals surface area contributed by atoms with Gasteiger partial charge in [-0.2, -0.15) is 0 Å². The summed E-state index contributed by atoms with van der Waals surface area (Å²) in [5.41, 5.74) is 3.73. The molecule has 19 nitrogen and oxygen atoms in total. The Balaban J connectivity index is 1.13. The molecule has 0 unspecified atom stereocenters. The molecule has 1 fully saturated rings. The molecule has 6 atom stereocenters. The Morgan fingerprint density at radius 3 is 2.16 bits per heavy atom. The number of aromatic nitrogens is 2. The number of amides is 8. The van der Waals surface area contributed by atoms with Crippen LogP contribution in [-0.2, 0) is 46.7 Å². The van der Waals surface area contributed by atoms with Crippen molar-refractivity contribution in [1.29, 1.82) is 0 Å². The first-order chi connectivity index (χ1) is 37.5. The molecule has 430 valence electrons. The molecule has 8 amide bonds. The van der Waals surface area contributed by atoms with Crippen LogP contribution in [0.1, 0.15) is 97.6 Å². The molecule has 0 saturated carbocycles. The SMILES string of the molecule is CC(C)[C@H](NC(=O)C(C)(C)N1C(=O)C=CC1=O)C(=O)C[C@@H](CCCNC(N)=O)C(=O)Nc1ccc(COC(=O)N2C[C@@H](CN(C(=O)[C@H](C)O)[C@@H](c3nc(-c4cc(F)ccc4F)cn3Cc3cccc(F)c3)C(C)(C)C)[C@@H](F)C2)cc1. The second kappa shape index (κ2) is 25.9. The van der Waals surface area contributed by atoms with Crippen LogP contribution in [0, 0.1) is 40.6 Å². The number of likely N-dealkylation sites (tertiary alicyclic amines) is 1. The Hall–Kier alpha value is -7.95. The van der Waals surface area contributed by atoms with E-state index in [1.807, 2.05) is 0 Å². The number of nitrogens with one attached hydrogen (secondary N) is 3. The Morgan fingerprint density at radius 1 is 0.887 bits per heavy atom. The fourth-order valence-corrected chi connectivity index (χ4v) is 9.80. The van der Waals surface area contributed by atoms with Gasteiger partial charge in [0.25, 0.3) is 17.7 Å². The van der Waals surface area contributed by atoms with Gasteiger partial charge in [-0.3, -0.25) is 33.7 Å². The number of imide groups is 1. The van der Waals surface area contributed by atoms with Gasteiger partial charge in [-0.15, -0.1) is 0 Å². The van der Waals surface area contributed by atoms with Crippen LogP contribution >= 0.6 is 0 Å². The highest BCUT2D eigenvalue weighted by atomic mass is 19.1. The number of urea groups is 1. The highest BCUT2D eigenvalue weighted by Gasteiger charge is 2.46. The van der Waals surface area contributed by atoms with Crippen molar-refractivity contribution >= 4 is 53.1 Å². The van der Waals surface area contributed by atoms with Crippen LogP contribution in [-0.4, -0.2) is 127 Å². The molecule has 0 aliphatic carbocycles. The fraction of sp³-hybridized carbons (Fsp3) is 0.456. The first kappa shape index (κ1) is 61.3. The number of carbonyl (C=O) groups is 8. The number of ketones is 1. The second-order valence-corrected chi connectivity index (χ2v) is 22.1. The maximum Gasteiger partial charge on any atom is 0.410 e. The molecule has 6 N–H and O–H groups in total. The Labute approximate surface area is 461 Å². The third kappa shape index (κ3) is 15.2. The summed E-state index contributed by atoms with van der Waals surface area (Å²) in [5.74, 6) is -8.29. The summed E-state index contributed by atoms with van der Waals surface area (Å²) in [6.07, 6.45) is -0.542. The van der Waals surface area contributed by atoms with Crippen LogP contribution in [0.15, 0.2) is 85.1 Å². The third-order valence-electron chi connectivity index (χ3n) is 14.0. The number of alkyl halides is 1. The van der Waals surface area contributed by atoms with Crippen LogP contribution < -0.4 is 21.7 Å². The highest BCUT2D eigenvalue weighted by molar-refractivity contribution is 6.16. The van der Waals surface area contributed by atoms with Crippen LogP contribution in [0.4, 0.5) is 32.8 Å². The molecule has 3 heterocycles. The Morgan fingerprint density at radius 2 is 1.55 bits per heavy atom. The maximum atomic E-state index is 16.2. The number of anilines is 1. The summed E-state index contributed by atoms with van der Waals surface area (Å²) in [5, 5.41) is 18.7. The van der Waals surface area contributed by atoms with E-state index in [0.717, 1.165) is 40.2 Å². The number of nitrogens with zero attached hydrogens (tertiary/aromatic N) is 5. The maximum absolute atomic E-state index is 16.2. The van der Waals surface area contributed by atoms with Gasteiger partial charge in [0.2, 0.25) is 11.8 Å². The molecular weight excluding hydrogens is 1050 g/mol. The third-order valence-corrected chi connectivity index (χ3v) is 14.0. The molecule has 80 heavy (non-hydrogen) atoms. The lowest BCUT2D eigenvalue weighted by Crippen LogP contribution is -2.60.